The van der Waals surface area contributed by atoms with Gasteiger partial charge in [0, 0.05) is 18.5 Å². The van der Waals surface area contributed by atoms with Crippen molar-refractivity contribution in [3.63, 3.8) is 0 Å². The predicted molar refractivity (Wildman–Crippen MR) is 86.9 cm³/mol. The number of aromatic nitrogens is 2. The summed E-state index contributed by atoms with van der Waals surface area (Å²) in [5.41, 5.74) is 0.844. The van der Waals surface area contributed by atoms with Crippen molar-refractivity contribution < 1.29 is 18.8 Å². The maximum absolute atomic E-state index is 11.8. The van der Waals surface area contributed by atoms with E-state index in [-0.39, 0.29) is 18.7 Å². The summed E-state index contributed by atoms with van der Waals surface area (Å²) < 4.78 is 10.2. The lowest BCUT2D eigenvalue weighted by Crippen LogP contribution is -2.36. The molecule has 0 aliphatic rings. The molecule has 7 nitrogen and oxygen atoms in total. The maximum atomic E-state index is 11.8. The molecule has 7 heteroatoms. The molecule has 0 aliphatic heterocycles. The number of esters is 1. The fourth-order valence-electron chi connectivity index (χ4n) is 1.97. The molecule has 0 aliphatic carbocycles. The van der Waals surface area contributed by atoms with Crippen molar-refractivity contribution in [3.05, 3.63) is 36.2 Å². The van der Waals surface area contributed by atoms with E-state index >= 15 is 0 Å². The van der Waals surface area contributed by atoms with Crippen LogP contribution in [0.3, 0.4) is 0 Å². The number of hydrogen-bond donors (Lipinski definition) is 1. The summed E-state index contributed by atoms with van der Waals surface area (Å²) in [6.07, 6.45) is 0.350. The second-order valence-corrected chi connectivity index (χ2v) is 5.30. The minimum atomic E-state index is -0.813. The van der Waals surface area contributed by atoms with E-state index in [1.807, 2.05) is 37.3 Å². The summed E-state index contributed by atoms with van der Waals surface area (Å²) in [6, 6.07) is 9.42. The molecule has 0 saturated carbocycles. The van der Waals surface area contributed by atoms with Gasteiger partial charge in [-0.15, -0.1) is 0 Å². The van der Waals surface area contributed by atoms with Gasteiger partial charge in [0.05, 0.1) is 6.42 Å². The molecule has 1 atom stereocenters. The number of aryl methyl sites for hydroxylation is 1. The molecule has 0 fully saturated rings. The zero-order valence-corrected chi connectivity index (χ0v) is 13.8. The molecule has 1 aromatic carbocycles. The number of nitrogens with one attached hydrogen (secondary N) is 1. The van der Waals surface area contributed by atoms with Gasteiger partial charge in [-0.25, -0.2) is 0 Å². The lowest BCUT2D eigenvalue weighted by molar-refractivity contribution is -0.154. The van der Waals surface area contributed by atoms with E-state index in [4.69, 9.17) is 9.26 Å². The lowest BCUT2D eigenvalue weighted by Gasteiger charge is -2.12. The molecule has 1 heterocycles. The number of benzene rings is 1. The Morgan fingerprint density at radius 1 is 1.29 bits per heavy atom. The molecule has 1 unspecified atom stereocenters. The Labute approximate surface area is 140 Å². The molecule has 1 N–H and O–H groups in total. The van der Waals surface area contributed by atoms with E-state index in [9.17, 15) is 9.59 Å². The van der Waals surface area contributed by atoms with Crippen molar-refractivity contribution in [1.29, 1.82) is 0 Å². The zero-order valence-electron chi connectivity index (χ0n) is 13.8. The highest BCUT2D eigenvalue weighted by Gasteiger charge is 2.18. The highest BCUT2D eigenvalue weighted by molar-refractivity contribution is 5.83. The molecule has 1 aromatic heterocycles. The van der Waals surface area contributed by atoms with Crippen LogP contribution in [-0.2, 0) is 20.7 Å². The zero-order chi connectivity index (χ0) is 17.4. The van der Waals surface area contributed by atoms with Crippen LogP contribution < -0.4 is 5.32 Å². The Balaban J connectivity index is 1.80. The molecule has 1 amide bonds. The Bertz CT molecular complexity index is 669. The number of ether oxygens (including phenoxy) is 1. The Morgan fingerprint density at radius 2 is 2.04 bits per heavy atom. The van der Waals surface area contributed by atoms with E-state index in [2.05, 4.69) is 15.5 Å². The smallest absolute Gasteiger partial charge is 0.307 e. The fraction of sp³-hybridized carbons (Fsp3) is 0.412. The first-order valence-electron chi connectivity index (χ1n) is 7.95. The maximum Gasteiger partial charge on any atom is 0.307 e. The van der Waals surface area contributed by atoms with Crippen LogP contribution >= 0.6 is 0 Å². The van der Waals surface area contributed by atoms with E-state index < -0.39 is 12.1 Å². The van der Waals surface area contributed by atoms with E-state index in [0.29, 0.717) is 18.3 Å². The largest absolute Gasteiger partial charge is 0.453 e. The van der Waals surface area contributed by atoms with Crippen LogP contribution in [0.4, 0.5) is 0 Å². The molecule has 0 saturated heterocycles. The standard InChI is InChI=1S/C17H21N3O4/c1-3-11-18-17(22)12(2)23-15(21)10-9-14-19-16(20-24-14)13-7-5-4-6-8-13/h4-8,12H,3,9-11H2,1-2H3,(H,18,22). The van der Waals surface area contributed by atoms with Crippen molar-refractivity contribution in [3.8, 4) is 11.4 Å². The predicted octanol–water partition coefficient (Wildman–Crippen LogP) is 2.13. The number of nitrogens with zero attached hydrogens (tertiary/aromatic N) is 2. The van der Waals surface area contributed by atoms with Gasteiger partial charge in [-0.2, -0.15) is 4.98 Å². The van der Waals surface area contributed by atoms with Crippen LogP contribution in [0.5, 0.6) is 0 Å². The number of rotatable bonds is 8. The number of carbonyl (C=O) groups excluding carboxylic acids is 2. The van der Waals surface area contributed by atoms with Gasteiger partial charge in [-0.05, 0) is 13.3 Å². The van der Waals surface area contributed by atoms with E-state index in [1.165, 1.54) is 0 Å². The molecule has 2 rings (SSSR count). The third kappa shape index (κ3) is 5.19. The van der Waals surface area contributed by atoms with Crippen molar-refractivity contribution in [2.45, 2.75) is 39.2 Å². The summed E-state index contributed by atoms with van der Waals surface area (Å²) in [6.45, 7) is 4.05. The Kier molecular flexibility index (Phi) is 6.48. The van der Waals surface area contributed by atoms with Gasteiger partial charge < -0.3 is 14.6 Å². The van der Waals surface area contributed by atoms with Crippen molar-refractivity contribution in [1.82, 2.24) is 15.5 Å². The Morgan fingerprint density at radius 3 is 2.75 bits per heavy atom. The van der Waals surface area contributed by atoms with Crippen LogP contribution in [0.25, 0.3) is 11.4 Å². The molecule has 24 heavy (non-hydrogen) atoms. The summed E-state index contributed by atoms with van der Waals surface area (Å²) >= 11 is 0. The number of amides is 1. The average Bonchev–Trinajstić information content (AvgIpc) is 3.07. The van der Waals surface area contributed by atoms with Gasteiger partial charge in [0.15, 0.2) is 6.10 Å². The minimum Gasteiger partial charge on any atom is -0.453 e. The highest BCUT2D eigenvalue weighted by atomic mass is 16.5. The number of carbonyl (C=O) groups is 2. The van der Waals surface area contributed by atoms with Gasteiger partial charge in [0.1, 0.15) is 0 Å². The highest BCUT2D eigenvalue weighted by Crippen LogP contribution is 2.15. The van der Waals surface area contributed by atoms with Crippen molar-refractivity contribution in [2.75, 3.05) is 6.54 Å². The molecule has 0 spiro atoms. The summed E-state index contributed by atoms with van der Waals surface area (Å²) in [7, 11) is 0. The van der Waals surface area contributed by atoms with Gasteiger partial charge in [0.25, 0.3) is 5.91 Å². The van der Waals surface area contributed by atoms with Crippen molar-refractivity contribution >= 4 is 11.9 Å². The third-order valence-corrected chi connectivity index (χ3v) is 3.27. The molecular weight excluding hydrogens is 310 g/mol. The monoisotopic (exact) mass is 331 g/mol. The minimum absolute atomic E-state index is 0.0713. The molecule has 0 radical (unpaired) electrons. The average molecular weight is 331 g/mol. The first-order valence-corrected chi connectivity index (χ1v) is 7.95. The first-order chi connectivity index (χ1) is 11.6. The summed E-state index contributed by atoms with van der Waals surface area (Å²) in [4.78, 5) is 27.7. The second kappa shape index (κ2) is 8.81. The van der Waals surface area contributed by atoms with Gasteiger partial charge in [0.2, 0.25) is 11.7 Å². The molecule has 128 valence electrons. The van der Waals surface area contributed by atoms with Crippen molar-refractivity contribution in [2.24, 2.45) is 0 Å². The van der Waals surface area contributed by atoms with Crippen LogP contribution in [0.15, 0.2) is 34.9 Å². The summed E-state index contributed by atoms with van der Waals surface area (Å²) in [5, 5.41) is 6.56. The molecule has 0 bridgehead atoms. The quantitative estimate of drug-likeness (QED) is 0.745. The topological polar surface area (TPSA) is 94.3 Å². The van der Waals surface area contributed by atoms with Gasteiger partial charge >= 0.3 is 5.97 Å². The van der Waals surface area contributed by atoms with Gasteiger partial charge in [-0.3, -0.25) is 9.59 Å². The van der Waals surface area contributed by atoms with Crippen LogP contribution in [0.1, 0.15) is 32.6 Å². The second-order valence-electron chi connectivity index (χ2n) is 5.30. The Hall–Kier alpha value is -2.70. The molecular formula is C17H21N3O4. The fourth-order valence-corrected chi connectivity index (χ4v) is 1.97. The lowest BCUT2D eigenvalue weighted by atomic mass is 10.2. The van der Waals surface area contributed by atoms with Gasteiger partial charge in [-0.1, -0.05) is 42.4 Å². The SMILES string of the molecule is CCCNC(=O)C(C)OC(=O)CCc1nc(-c2ccccc2)no1. The normalized spacial score (nSPS) is 11.8. The summed E-state index contributed by atoms with van der Waals surface area (Å²) in [5.74, 6) is 0.0585. The first kappa shape index (κ1) is 17.7. The van der Waals surface area contributed by atoms with Crippen LogP contribution in [-0.4, -0.2) is 34.7 Å². The third-order valence-electron chi connectivity index (χ3n) is 3.27. The van der Waals surface area contributed by atoms with Crippen LogP contribution in [0.2, 0.25) is 0 Å². The van der Waals surface area contributed by atoms with E-state index in [1.54, 1.807) is 6.92 Å². The number of hydrogen-bond acceptors (Lipinski definition) is 6. The van der Waals surface area contributed by atoms with E-state index in [0.717, 1.165) is 12.0 Å². The van der Waals surface area contributed by atoms with Crippen LogP contribution in [0, 0.1) is 0 Å². The molecule has 2 aromatic rings.